The van der Waals surface area contributed by atoms with E-state index in [0.29, 0.717) is 0 Å². The smallest absolute Gasteiger partial charge is 0.0989 e. The van der Waals surface area contributed by atoms with E-state index in [4.69, 9.17) is 11.8 Å². The molecular formula is C3H7ClN2. The number of rotatable bonds is 1. The van der Waals surface area contributed by atoms with Crippen LogP contribution in [-0.2, 0) is 0 Å². The van der Waals surface area contributed by atoms with Crippen molar-refractivity contribution in [3.05, 3.63) is 0 Å². The Morgan fingerprint density at radius 3 is 2.33 bits per heavy atom. The molecule has 0 aromatic heterocycles. The van der Waals surface area contributed by atoms with Crippen LogP contribution >= 0.6 is 11.8 Å². The van der Waals surface area contributed by atoms with Crippen LogP contribution in [0.2, 0.25) is 0 Å². The Kier molecular flexibility index (Phi) is 2.85. The number of hydrogen-bond donors (Lipinski definition) is 0. The van der Waals surface area contributed by atoms with Crippen molar-refractivity contribution in [1.82, 2.24) is 4.42 Å². The molecule has 0 bridgehead atoms. The molecule has 0 N–H and O–H groups in total. The first-order chi connectivity index (χ1) is 2.77. The van der Waals surface area contributed by atoms with E-state index in [2.05, 4.69) is 4.99 Å². The summed E-state index contributed by atoms with van der Waals surface area (Å²) in [4.78, 5) is 3.60. The molecule has 0 aliphatic carbocycles. The van der Waals surface area contributed by atoms with Crippen LogP contribution in [0.25, 0.3) is 0 Å². The summed E-state index contributed by atoms with van der Waals surface area (Å²) in [7, 11) is 3.37. The number of nitrogens with zero attached hydrogens (tertiary/aromatic N) is 2. The molecular weight excluding hydrogens is 99.5 g/mol. The van der Waals surface area contributed by atoms with E-state index >= 15 is 0 Å². The molecule has 0 radical (unpaired) electrons. The minimum Gasteiger partial charge on any atom is -0.279 e. The first kappa shape index (κ1) is 5.76. The lowest BCUT2D eigenvalue weighted by Crippen LogP contribution is -1.98. The van der Waals surface area contributed by atoms with Crippen LogP contribution < -0.4 is 0 Å². The highest BCUT2D eigenvalue weighted by molar-refractivity contribution is 6.18. The van der Waals surface area contributed by atoms with Crippen molar-refractivity contribution in [3.63, 3.8) is 0 Å². The standard InChI is InChI=1S/C3H7ClN2/c1-5-3-6(2)4/h3H,1-2H3. The molecule has 0 heterocycles. The van der Waals surface area contributed by atoms with Crippen molar-refractivity contribution in [2.24, 2.45) is 4.99 Å². The van der Waals surface area contributed by atoms with Gasteiger partial charge in [-0.3, -0.25) is 9.41 Å². The van der Waals surface area contributed by atoms with Gasteiger partial charge < -0.3 is 0 Å². The normalized spacial score (nSPS) is 9.83. The van der Waals surface area contributed by atoms with Crippen molar-refractivity contribution < 1.29 is 0 Å². The second kappa shape index (κ2) is 2.97. The topological polar surface area (TPSA) is 15.6 Å². The summed E-state index contributed by atoms with van der Waals surface area (Å²) in [5.41, 5.74) is 0. The van der Waals surface area contributed by atoms with Crippen molar-refractivity contribution >= 4 is 18.1 Å². The fourth-order valence-electron chi connectivity index (χ4n) is 0.159. The van der Waals surface area contributed by atoms with Crippen LogP contribution in [0.5, 0.6) is 0 Å². The van der Waals surface area contributed by atoms with Gasteiger partial charge in [0.25, 0.3) is 0 Å². The highest BCUT2D eigenvalue weighted by atomic mass is 35.5. The average Bonchev–Trinajstić information content (AvgIpc) is 1.35. The van der Waals surface area contributed by atoms with Gasteiger partial charge in [0.2, 0.25) is 0 Å². The van der Waals surface area contributed by atoms with Crippen LogP contribution in [-0.4, -0.2) is 24.9 Å². The Labute approximate surface area is 42.5 Å². The molecule has 0 spiro atoms. The summed E-state index contributed by atoms with van der Waals surface area (Å²) in [6.07, 6.45) is 1.52. The highest BCUT2D eigenvalue weighted by Crippen LogP contribution is 1.76. The minimum absolute atomic E-state index is 1.36. The van der Waals surface area contributed by atoms with Crippen LogP contribution in [0.4, 0.5) is 0 Å². The largest absolute Gasteiger partial charge is 0.279 e. The SMILES string of the molecule is CN=CN(C)Cl. The van der Waals surface area contributed by atoms with Crippen molar-refractivity contribution in [1.29, 1.82) is 0 Å². The van der Waals surface area contributed by atoms with Gasteiger partial charge in [-0.05, 0) is 0 Å². The molecule has 0 fully saturated rings. The summed E-state index contributed by atoms with van der Waals surface area (Å²) in [6.45, 7) is 0. The first-order valence-corrected chi connectivity index (χ1v) is 1.92. The fraction of sp³-hybridized carbons (Fsp3) is 0.667. The zero-order chi connectivity index (χ0) is 4.99. The Bertz CT molecular complexity index is 50.8. The lowest BCUT2D eigenvalue weighted by molar-refractivity contribution is 0.845. The van der Waals surface area contributed by atoms with Crippen LogP contribution in [0.15, 0.2) is 4.99 Å². The fourth-order valence-corrected chi connectivity index (χ4v) is 0.246. The van der Waals surface area contributed by atoms with Gasteiger partial charge in [-0.1, -0.05) is 0 Å². The van der Waals surface area contributed by atoms with E-state index < -0.39 is 0 Å². The van der Waals surface area contributed by atoms with Gasteiger partial charge in [0.15, 0.2) is 0 Å². The van der Waals surface area contributed by atoms with Gasteiger partial charge in [0.05, 0.1) is 6.34 Å². The van der Waals surface area contributed by atoms with Gasteiger partial charge in [0.1, 0.15) is 0 Å². The quantitative estimate of drug-likeness (QED) is 0.273. The lowest BCUT2D eigenvalue weighted by atomic mass is 11.1. The van der Waals surface area contributed by atoms with E-state index in [1.807, 2.05) is 0 Å². The van der Waals surface area contributed by atoms with Gasteiger partial charge in [0, 0.05) is 25.9 Å². The molecule has 0 aromatic carbocycles. The van der Waals surface area contributed by atoms with Crippen molar-refractivity contribution in [2.75, 3.05) is 14.1 Å². The van der Waals surface area contributed by atoms with E-state index in [9.17, 15) is 0 Å². The zero-order valence-corrected chi connectivity index (χ0v) is 4.61. The third-order valence-electron chi connectivity index (χ3n) is 0.275. The Hall–Kier alpha value is -0.240. The molecule has 6 heavy (non-hydrogen) atoms. The number of aliphatic imine (C=N–C) groups is 1. The van der Waals surface area contributed by atoms with Crippen molar-refractivity contribution in [2.45, 2.75) is 0 Å². The van der Waals surface area contributed by atoms with Gasteiger partial charge in [-0.2, -0.15) is 0 Å². The molecule has 0 saturated carbocycles. The molecule has 0 aliphatic heterocycles. The van der Waals surface area contributed by atoms with Crippen molar-refractivity contribution in [3.8, 4) is 0 Å². The second-order valence-electron chi connectivity index (χ2n) is 0.898. The van der Waals surface area contributed by atoms with Crippen LogP contribution in [0.1, 0.15) is 0 Å². The minimum atomic E-state index is 1.36. The molecule has 0 rings (SSSR count). The van der Waals surface area contributed by atoms with Gasteiger partial charge in [-0.25, -0.2) is 0 Å². The first-order valence-electron chi connectivity index (χ1n) is 1.58. The van der Waals surface area contributed by atoms with Gasteiger partial charge >= 0.3 is 0 Å². The summed E-state index contributed by atoms with van der Waals surface area (Å²) >= 11 is 5.26. The molecule has 36 valence electrons. The molecule has 0 saturated heterocycles. The summed E-state index contributed by atoms with van der Waals surface area (Å²) < 4.78 is 1.36. The van der Waals surface area contributed by atoms with Gasteiger partial charge in [-0.15, -0.1) is 0 Å². The number of hydrogen-bond acceptors (Lipinski definition) is 1. The molecule has 0 aromatic rings. The Balaban J connectivity index is 3.03. The van der Waals surface area contributed by atoms with E-state index in [0.717, 1.165) is 0 Å². The average molecular weight is 107 g/mol. The maximum Gasteiger partial charge on any atom is 0.0989 e. The molecule has 0 aliphatic rings. The Morgan fingerprint density at radius 1 is 1.83 bits per heavy atom. The summed E-state index contributed by atoms with van der Waals surface area (Å²) in [6, 6.07) is 0. The zero-order valence-electron chi connectivity index (χ0n) is 3.85. The molecule has 2 nitrogen and oxygen atoms in total. The van der Waals surface area contributed by atoms with E-state index in [-0.39, 0.29) is 0 Å². The van der Waals surface area contributed by atoms with E-state index in [1.54, 1.807) is 14.1 Å². The predicted octanol–water partition coefficient (Wildman–Crippen LogP) is 0.730. The second-order valence-corrected chi connectivity index (χ2v) is 1.43. The maximum atomic E-state index is 5.26. The predicted molar refractivity (Wildman–Crippen MR) is 28.0 cm³/mol. The van der Waals surface area contributed by atoms with E-state index in [1.165, 1.54) is 10.8 Å². The highest BCUT2D eigenvalue weighted by Gasteiger charge is 1.71. The molecule has 3 heteroatoms. The molecule has 0 unspecified atom stereocenters. The van der Waals surface area contributed by atoms with Crippen LogP contribution in [0, 0.1) is 0 Å². The summed E-state index contributed by atoms with van der Waals surface area (Å²) in [5, 5.41) is 0. The number of halogens is 1. The monoisotopic (exact) mass is 106 g/mol. The summed E-state index contributed by atoms with van der Waals surface area (Å²) in [5.74, 6) is 0. The molecule has 0 amide bonds. The third-order valence-corrected chi connectivity index (χ3v) is 0.362. The Morgan fingerprint density at radius 2 is 2.33 bits per heavy atom. The third kappa shape index (κ3) is 3.76. The maximum absolute atomic E-state index is 5.26. The molecule has 0 atom stereocenters. The van der Waals surface area contributed by atoms with Crippen LogP contribution in [0.3, 0.4) is 0 Å². The lowest BCUT2D eigenvalue weighted by Gasteiger charge is -1.93.